The molecule has 0 aliphatic carbocycles. The molecule has 0 radical (unpaired) electrons. The summed E-state index contributed by atoms with van der Waals surface area (Å²) in [5.74, 6) is 0.145. The molecule has 0 spiro atoms. The summed E-state index contributed by atoms with van der Waals surface area (Å²) in [6, 6.07) is 11.8. The first kappa shape index (κ1) is 21.8. The zero-order chi connectivity index (χ0) is 20.9. The zero-order valence-corrected chi connectivity index (χ0v) is 17.8. The van der Waals surface area contributed by atoms with E-state index in [1.54, 1.807) is 31.2 Å². The number of aryl methyl sites for hydroxylation is 2. The van der Waals surface area contributed by atoms with E-state index in [1.807, 2.05) is 39.0 Å². The van der Waals surface area contributed by atoms with Gasteiger partial charge < -0.3 is 10.1 Å². The van der Waals surface area contributed by atoms with Gasteiger partial charge in [0, 0.05) is 0 Å². The van der Waals surface area contributed by atoms with Crippen molar-refractivity contribution < 1.29 is 17.9 Å². The summed E-state index contributed by atoms with van der Waals surface area (Å²) in [4.78, 5) is 13.1. The van der Waals surface area contributed by atoms with E-state index in [0.29, 0.717) is 30.2 Å². The van der Waals surface area contributed by atoms with Crippen molar-refractivity contribution in [3.63, 3.8) is 0 Å². The normalized spacial score (nSPS) is 12.3. The Hall–Kier alpha value is -2.54. The van der Waals surface area contributed by atoms with Crippen LogP contribution < -0.4 is 14.4 Å². The Balaban J connectivity index is 2.44. The molecule has 0 bridgehead atoms. The number of hydrogen-bond donors (Lipinski definition) is 1. The van der Waals surface area contributed by atoms with Crippen LogP contribution in [-0.2, 0) is 14.8 Å². The van der Waals surface area contributed by atoms with E-state index in [9.17, 15) is 13.2 Å². The minimum absolute atomic E-state index is 0.323. The maximum Gasteiger partial charge on any atom is 0.248 e. The molecule has 0 aliphatic heterocycles. The summed E-state index contributed by atoms with van der Waals surface area (Å²) in [5.41, 5.74) is 2.74. The lowest BCUT2D eigenvalue weighted by atomic mass is 10.1. The minimum atomic E-state index is -3.68. The molecule has 1 atom stereocenters. The highest BCUT2D eigenvalue weighted by Crippen LogP contribution is 2.29. The van der Waals surface area contributed by atoms with E-state index >= 15 is 0 Å². The zero-order valence-electron chi connectivity index (χ0n) is 17.0. The van der Waals surface area contributed by atoms with E-state index in [-0.39, 0.29) is 0 Å². The molecule has 0 unspecified atom stereocenters. The molecule has 2 aromatic carbocycles. The van der Waals surface area contributed by atoms with Crippen LogP contribution in [-0.4, -0.2) is 33.2 Å². The SMILES string of the molecule is CCOc1ccccc1NC(=O)[C@@H](CC)N(c1cc(C)ccc1C)S(C)(=O)=O. The monoisotopic (exact) mass is 404 g/mol. The van der Waals surface area contributed by atoms with Crippen molar-refractivity contribution in [3.05, 3.63) is 53.6 Å². The fourth-order valence-electron chi connectivity index (χ4n) is 3.06. The molecule has 0 aromatic heterocycles. The average Bonchev–Trinajstić information content (AvgIpc) is 2.62. The van der Waals surface area contributed by atoms with Gasteiger partial charge in [0.1, 0.15) is 11.8 Å². The van der Waals surface area contributed by atoms with Crippen molar-refractivity contribution in [1.82, 2.24) is 0 Å². The molecule has 152 valence electrons. The number of nitrogens with zero attached hydrogens (tertiary/aromatic N) is 1. The first-order valence-corrected chi connectivity index (χ1v) is 11.1. The van der Waals surface area contributed by atoms with Crippen molar-refractivity contribution in [2.24, 2.45) is 0 Å². The van der Waals surface area contributed by atoms with Gasteiger partial charge in [0.05, 0.1) is 24.2 Å². The standard InChI is InChI=1S/C21H28N2O4S/c1-6-18(21(24)22-17-10-8-9-11-20(17)27-7-2)23(28(5,25)26)19-14-15(3)12-13-16(19)4/h8-14,18H,6-7H2,1-5H3,(H,22,24)/t18-/m1/s1. The van der Waals surface area contributed by atoms with E-state index in [0.717, 1.165) is 17.4 Å². The average molecular weight is 405 g/mol. The van der Waals surface area contributed by atoms with Gasteiger partial charge in [0.25, 0.3) is 0 Å². The van der Waals surface area contributed by atoms with Crippen LogP contribution in [0.3, 0.4) is 0 Å². The Morgan fingerprint density at radius 3 is 2.43 bits per heavy atom. The van der Waals surface area contributed by atoms with Crippen LogP contribution >= 0.6 is 0 Å². The number of carbonyl (C=O) groups is 1. The molecule has 6 nitrogen and oxygen atoms in total. The molecule has 0 aliphatic rings. The van der Waals surface area contributed by atoms with Gasteiger partial charge in [-0.2, -0.15) is 0 Å². The maximum absolute atomic E-state index is 13.1. The number of nitrogens with one attached hydrogen (secondary N) is 1. The van der Waals surface area contributed by atoms with Crippen LogP contribution in [0.15, 0.2) is 42.5 Å². The topological polar surface area (TPSA) is 75.7 Å². The Kier molecular flexibility index (Phi) is 7.07. The molecule has 0 fully saturated rings. The molecular weight excluding hydrogens is 376 g/mol. The molecule has 0 heterocycles. The first-order chi connectivity index (χ1) is 13.2. The third-order valence-electron chi connectivity index (χ3n) is 4.38. The Bertz CT molecular complexity index is 941. The largest absolute Gasteiger partial charge is 0.492 e. The highest BCUT2D eigenvalue weighted by atomic mass is 32.2. The Morgan fingerprint density at radius 2 is 1.82 bits per heavy atom. The van der Waals surface area contributed by atoms with Gasteiger partial charge in [0.2, 0.25) is 15.9 Å². The van der Waals surface area contributed by atoms with Gasteiger partial charge in [0.15, 0.2) is 0 Å². The summed E-state index contributed by atoms with van der Waals surface area (Å²) in [6.45, 7) is 7.84. The van der Waals surface area contributed by atoms with E-state index in [4.69, 9.17) is 4.74 Å². The van der Waals surface area contributed by atoms with Crippen LogP contribution in [0.2, 0.25) is 0 Å². The summed E-state index contributed by atoms with van der Waals surface area (Å²) in [7, 11) is -3.68. The first-order valence-electron chi connectivity index (χ1n) is 9.28. The van der Waals surface area contributed by atoms with Gasteiger partial charge in [-0.3, -0.25) is 9.10 Å². The Labute approximate surface area is 167 Å². The number of ether oxygens (including phenoxy) is 1. The smallest absolute Gasteiger partial charge is 0.248 e. The fourth-order valence-corrected chi connectivity index (χ4v) is 4.32. The van der Waals surface area contributed by atoms with Crippen LogP contribution in [0, 0.1) is 13.8 Å². The minimum Gasteiger partial charge on any atom is -0.492 e. The molecule has 1 N–H and O–H groups in total. The second-order valence-electron chi connectivity index (χ2n) is 6.69. The summed E-state index contributed by atoms with van der Waals surface area (Å²) in [6.07, 6.45) is 1.45. The van der Waals surface area contributed by atoms with Crippen LogP contribution in [0.1, 0.15) is 31.4 Å². The van der Waals surface area contributed by atoms with Gasteiger partial charge in [-0.1, -0.05) is 31.2 Å². The quantitative estimate of drug-likeness (QED) is 0.724. The van der Waals surface area contributed by atoms with Crippen LogP contribution in [0.4, 0.5) is 11.4 Å². The summed E-state index contributed by atoms with van der Waals surface area (Å²) >= 11 is 0. The predicted molar refractivity (Wildman–Crippen MR) is 114 cm³/mol. The van der Waals surface area contributed by atoms with Gasteiger partial charge >= 0.3 is 0 Å². The van der Waals surface area contributed by atoms with Crippen molar-refractivity contribution in [1.29, 1.82) is 0 Å². The number of amides is 1. The number of anilines is 2. The van der Waals surface area contributed by atoms with Gasteiger partial charge in [-0.25, -0.2) is 8.42 Å². The number of benzene rings is 2. The third-order valence-corrected chi connectivity index (χ3v) is 5.54. The molecule has 0 saturated carbocycles. The molecule has 0 saturated heterocycles. The van der Waals surface area contributed by atoms with Crippen molar-refractivity contribution in [2.45, 2.75) is 40.2 Å². The lowest BCUT2D eigenvalue weighted by molar-refractivity contribution is -0.117. The molecule has 2 rings (SSSR count). The van der Waals surface area contributed by atoms with Crippen molar-refractivity contribution in [2.75, 3.05) is 22.5 Å². The van der Waals surface area contributed by atoms with E-state index in [1.165, 1.54) is 4.31 Å². The second kappa shape index (κ2) is 9.10. The van der Waals surface area contributed by atoms with Gasteiger partial charge in [-0.15, -0.1) is 0 Å². The number of para-hydroxylation sites is 2. The van der Waals surface area contributed by atoms with Gasteiger partial charge in [-0.05, 0) is 56.5 Å². The highest BCUT2D eigenvalue weighted by molar-refractivity contribution is 7.92. The molecule has 2 aromatic rings. The molecule has 7 heteroatoms. The third kappa shape index (κ3) is 5.04. The van der Waals surface area contributed by atoms with Crippen molar-refractivity contribution in [3.8, 4) is 5.75 Å². The number of carbonyl (C=O) groups excluding carboxylic acids is 1. The molecule has 28 heavy (non-hydrogen) atoms. The van der Waals surface area contributed by atoms with Crippen LogP contribution in [0.5, 0.6) is 5.75 Å². The van der Waals surface area contributed by atoms with Crippen molar-refractivity contribution >= 4 is 27.3 Å². The highest BCUT2D eigenvalue weighted by Gasteiger charge is 2.32. The number of rotatable bonds is 8. The lowest BCUT2D eigenvalue weighted by Gasteiger charge is -2.31. The molecular formula is C21H28N2O4S. The Morgan fingerprint density at radius 1 is 1.14 bits per heavy atom. The van der Waals surface area contributed by atoms with Crippen LogP contribution in [0.25, 0.3) is 0 Å². The predicted octanol–water partition coefficient (Wildman–Crippen LogP) is 3.89. The number of sulfonamides is 1. The fraction of sp³-hybridized carbons (Fsp3) is 0.381. The number of hydrogen-bond acceptors (Lipinski definition) is 4. The lowest BCUT2D eigenvalue weighted by Crippen LogP contribution is -2.47. The maximum atomic E-state index is 13.1. The second-order valence-corrected chi connectivity index (χ2v) is 8.55. The molecule has 1 amide bonds. The van der Waals surface area contributed by atoms with E-state index in [2.05, 4.69) is 5.32 Å². The van der Waals surface area contributed by atoms with E-state index < -0.39 is 22.0 Å². The summed E-state index contributed by atoms with van der Waals surface area (Å²) in [5, 5.41) is 2.83. The summed E-state index contributed by atoms with van der Waals surface area (Å²) < 4.78 is 32.1.